The number of nitrogens with zero attached hydrogens (tertiary/aromatic N) is 2. The van der Waals surface area contributed by atoms with Crippen molar-refractivity contribution in [3.63, 3.8) is 0 Å². The van der Waals surface area contributed by atoms with Crippen LogP contribution in [0.1, 0.15) is 18.3 Å². The second kappa shape index (κ2) is 8.33. The van der Waals surface area contributed by atoms with Crippen molar-refractivity contribution in [3.8, 4) is 5.75 Å². The molecule has 5 nitrogen and oxygen atoms in total. The largest absolute Gasteiger partial charge is 0.492 e. The van der Waals surface area contributed by atoms with Crippen LogP contribution in [0.4, 0.5) is 13.2 Å². The second-order valence-corrected chi connectivity index (χ2v) is 6.18. The second-order valence-electron chi connectivity index (χ2n) is 6.18. The predicted molar refractivity (Wildman–Crippen MR) is 99.1 cm³/mol. The summed E-state index contributed by atoms with van der Waals surface area (Å²) >= 11 is 0. The molecule has 0 aliphatic rings. The predicted octanol–water partition coefficient (Wildman–Crippen LogP) is 3.81. The van der Waals surface area contributed by atoms with Crippen molar-refractivity contribution in [2.24, 2.45) is 0 Å². The zero-order valence-electron chi connectivity index (χ0n) is 15.3. The van der Waals surface area contributed by atoms with Crippen LogP contribution in [-0.4, -0.2) is 28.6 Å². The van der Waals surface area contributed by atoms with Gasteiger partial charge in [0.15, 0.2) is 0 Å². The first kappa shape index (κ1) is 19.7. The molecular formula is C20H20F3N3O2. The first-order valence-electron chi connectivity index (χ1n) is 8.89. The molecule has 0 saturated heterocycles. The number of amides is 1. The van der Waals surface area contributed by atoms with Crippen LogP contribution in [0.15, 0.2) is 48.5 Å². The van der Waals surface area contributed by atoms with E-state index in [4.69, 9.17) is 4.74 Å². The molecule has 0 atom stereocenters. The minimum Gasteiger partial charge on any atom is -0.492 e. The van der Waals surface area contributed by atoms with Gasteiger partial charge in [0.2, 0.25) is 5.91 Å². The molecule has 28 heavy (non-hydrogen) atoms. The Hall–Kier alpha value is -3.03. The van der Waals surface area contributed by atoms with E-state index < -0.39 is 11.7 Å². The van der Waals surface area contributed by atoms with E-state index in [0.29, 0.717) is 6.42 Å². The fourth-order valence-electron chi connectivity index (χ4n) is 2.89. The summed E-state index contributed by atoms with van der Waals surface area (Å²) in [7, 11) is 0. The maximum atomic E-state index is 12.7. The average Bonchev–Trinajstić information content (AvgIpc) is 3.02. The summed E-state index contributed by atoms with van der Waals surface area (Å²) in [5, 5.41) is 2.72. The lowest BCUT2D eigenvalue weighted by Gasteiger charge is -2.11. The molecule has 0 fully saturated rings. The summed E-state index contributed by atoms with van der Waals surface area (Å²) in [5.74, 6) is 0.708. The molecule has 1 N–H and O–H groups in total. The number of alkyl halides is 3. The van der Waals surface area contributed by atoms with E-state index >= 15 is 0 Å². The number of carbonyl (C=O) groups excluding carboxylic acids is 1. The van der Waals surface area contributed by atoms with E-state index in [0.717, 1.165) is 29.0 Å². The molecule has 0 bridgehead atoms. The van der Waals surface area contributed by atoms with E-state index in [2.05, 4.69) is 10.3 Å². The third-order valence-electron chi connectivity index (χ3n) is 4.21. The molecule has 0 radical (unpaired) electrons. The van der Waals surface area contributed by atoms with E-state index in [1.165, 1.54) is 12.1 Å². The lowest BCUT2D eigenvalue weighted by atomic mass is 10.2. The molecule has 0 unspecified atom stereocenters. The van der Waals surface area contributed by atoms with Crippen LogP contribution in [0.25, 0.3) is 11.0 Å². The summed E-state index contributed by atoms with van der Waals surface area (Å²) in [6.45, 7) is 2.34. The molecule has 0 saturated carbocycles. The number of hydrogen-bond donors (Lipinski definition) is 1. The third-order valence-corrected chi connectivity index (χ3v) is 4.21. The highest BCUT2D eigenvalue weighted by Crippen LogP contribution is 2.31. The van der Waals surface area contributed by atoms with Crippen LogP contribution in [0.3, 0.4) is 0 Å². The molecule has 148 valence electrons. The number of fused-ring (bicyclic) bond motifs is 1. The van der Waals surface area contributed by atoms with Gasteiger partial charge < -0.3 is 14.6 Å². The van der Waals surface area contributed by atoms with Crippen LogP contribution < -0.4 is 10.1 Å². The Labute approximate surface area is 160 Å². The molecule has 1 amide bonds. The normalized spacial score (nSPS) is 11.6. The van der Waals surface area contributed by atoms with Crippen LogP contribution in [0.2, 0.25) is 0 Å². The number of aryl methyl sites for hydroxylation is 1. The fourth-order valence-corrected chi connectivity index (χ4v) is 2.89. The molecule has 0 spiro atoms. The minimum atomic E-state index is -4.42. The zero-order valence-corrected chi connectivity index (χ0v) is 15.3. The van der Waals surface area contributed by atoms with Crippen LogP contribution in [0, 0.1) is 0 Å². The Morgan fingerprint density at radius 3 is 2.71 bits per heavy atom. The summed E-state index contributed by atoms with van der Waals surface area (Å²) in [4.78, 5) is 16.8. The molecule has 3 aromatic rings. The van der Waals surface area contributed by atoms with Gasteiger partial charge in [-0.1, -0.05) is 25.1 Å². The van der Waals surface area contributed by atoms with Gasteiger partial charge in [-0.25, -0.2) is 4.98 Å². The summed E-state index contributed by atoms with van der Waals surface area (Å²) < 4.78 is 45.3. The quantitative estimate of drug-likeness (QED) is 0.623. The number of ether oxygens (including phenoxy) is 1. The van der Waals surface area contributed by atoms with Crippen molar-refractivity contribution < 1.29 is 22.7 Å². The number of rotatable bonds is 7. The van der Waals surface area contributed by atoms with E-state index in [9.17, 15) is 18.0 Å². The Bertz CT molecular complexity index is 967. The number of halogens is 3. The molecule has 0 aliphatic carbocycles. The number of benzene rings is 2. The van der Waals surface area contributed by atoms with Gasteiger partial charge in [0.1, 0.15) is 24.7 Å². The van der Waals surface area contributed by atoms with Gasteiger partial charge in [-0.15, -0.1) is 0 Å². The van der Waals surface area contributed by atoms with Crippen LogP contribution >= 0.6 is 0 Å². The maximum Gasteiger partial charge on any atom is 0.416 e. The SMILES string of the molecule is CCc1nc2ccccc2n1CC(=O)NCCOc1cccc(C(F)(F)F)c1. The average molecular weight is 391 g/mol. The highest BCUT2D eigenvalue weighted by molar-refractivity contribution is 5.81. The van der Waals surface area contributed by atoms with E-state index in [-0.39, 0.29) is 31.4 Å². The minimum absolute atomic E-state index is 0.0678. The highest BCUT2D eigenvalue weighted by atomic mass is 19.4. The number of para-hydroxylation sites is 2. The van der Waals surface area contributed by atoms with Gasteiger partial charge in [0, 0.05) is 6.42 Å². The molecule has 8 heteroatoms. The van der Waals surface area contributed by atoms with Gasteiger partial charge >= 0.3 is 6.18 Å². The van der Waals surface area contributed by atoms with E-state index in [1.54, 1.807) is 0 Å². The smallest absolute Gasteiger partial charge is 0.416 e. The number of carbonyl (C=O) groups is 1. The Morgan fingerprint density at radius 1 is 1.18 bits per heavy atom. The third kappa shape index (κ3) is 4.62. The summed E-state index contributed by atoms with van der Waals surface area (Å²) in [6, 6.07) is 12.2. The fraction of sp³-hybridized carbons (Fsp3) is 0.300. The maximum absolute atomic E-state index is 12.7. The van der Waals surface area contributed by atoms with Gasteiger partial charge in [-0.05, 0) is 30.3 Å². The summed E-state index contributed by atoms with van der Waals surface area (Å²) in [5.41, 5.74) is 0.947. The van der Waals surface area contributed by atoms with Crippen molar-refractivity contribution in [2.75, 3.05) is 13.2 Å². The van der Waals surface area contributed by atoms with Crippen molar-refractivity contribution in [1.29, 1.82) is 0 Å². The zero-order chi connectivity index (χ0) is 20.1. The Balaban J connectivity index is 1.53. The standard InChI is InChI=1S/C20H20F3N3O2/c1-2-18-25-16-8-3-4-9-17(16)26(18)13-19(27)24-10-11-28-15-7-5-6-14(12-15)20(21,22)23/h3-9,12H,2,10-11,13H2,1H3,(H,24,27). The van der Waals surface area contributed by atoms with E-state index in [1.807, 2.05) is 35.8 Å². The number of imidazole rings is 1. The molecule has 1 aromatic heterocycles. The van der Waals surface area contributed by atoms with Crippen molar-refractivity contribution in [1.82, 2.24) is 14.9 Å². The number of hydrogen-bond acceptors (Lipinski definition) is 3. The Morgan fingerprint density at radius 2 is 1.96 bits per heavy atom. The molecule has 0 aliphatic heterocycles. The summed E-state index contributed by atoms with van der Waals surface area (Å²) in [6.07, 6.45) is -3.72. The lowest BCUT2D eigenvalue weighted by Crippen LogP contribution is -2.31. The monoisotopic (exact) mass is 391 g/mol. The van der Waals surface area contributed by atoms with Crippen LogP contribution in [-0.2, 0) is 23.9 Å². The first-order chi connectivity index (χ1) is 13.4. The lowest BCUT2D eigenvalue weighted by molar-refractivity contribution is -0.137. The molecule has 2 aromatic carbocycles. The van der Waals surface area contributed by atoms with Crippen molar-refractivity contribution >= 4 is 16.9 Å². The highest BCUT2D eigenvalue weighted by Gasteiger charge is 2.30. The molecular weight excluding hydrogens is 371 g/mol. The van der Waals surface area contributed by atoms with Gasteiger partial charge in [-0.3, -0.25) is 4.79 Å². The number of nitrogens with one attached hydrogen (secondary N) is 1. The topological polar surface area (TPSA) is 56.2 Å². The van der Waals surface area contributed by atoms with Crippen molar-refractivity contribution in [2.45, 2.75) is 26.1 Å². The van der Waals surface area contributed by atoms with Gasteiger partial charge in [0.25, 0.3) is 0 Å². The van der Waals surface area contributed by atoms with Gasteiger partial charge in [0.05, 0.1) is 23.1 Å². The van der Waals surface area contributed by atoms with Gasteiger partial charge in [-0.2, -0.15) is 13.2 Å². The van der Waals surface area contributed by atoms with Crippen LogP contribution in [0.5, 0.6) is 5.75 Å². The first-order valence-corrected chi connectivity index (χ1v) is 8.89. The Kier molecular flexibility index (Phi) is 5.87. The molecule has 1 heterocycles. The number of aromatic nitrogens is 2. The molecule has 3 rings (SSSR count). The van der Waals surface area contributed by atoms with Crippen molar-refractivity contribution in [3.05, 3.63) is 59.9 Å².